The predicted octanol–water partition coefficient (Wildman–Crippen LogP) is 3.82. The van der Waals surface area contributed by atoms with Gasteiger partial charge < -0.3 is 10.1 Å². The zero-order chi connectivity index (χ0) is 20.1. The smallest absolute Gasteiger partial charge is 0.255 e. The number of hydrogen-bond donors (Lipinski definition) is 1. The van der Waals surface area contributed by atoms with Crippen LogP contribution in [0.5, 0.6) is 5.75 Å². The highest BCUT2D eigenvalue weighted by molar-refractivity contribution is 7.89. The van der Waals surface area contributed by atoms with Crippen LogP contribution in [-0.4, -0.2) is 38.8 Å². The summed E-state index contributed by atoms with van der Waals surface area (Å²) in [7, 11) is -2.10. The van der Waals surface area contributed by atoms with Crippen molar-refractivity contribution in [3.8, 4) is 5.75 Å². The number of nitrogens with zero attached hydrogens (tertiary/aromatic N) is 1. The Hall–Kier alpha value is -2.38. The minimum Gasteiger partial charge on any atom is -0.495 e. The average molecular weight is 403 g/mol. The molecule has 1 amide bonds. The van der Waals surface area contributed by atoms with E-state index in [0.717, 1.165) is 25.7 Å². The van der Waals surface area contributed by atoms with E-state index in [2.05, 4.69) is 5.32 Å². The van der Waals surface area contributed by atoms with Gasteiger partial charge in [-0.15, -0.1) is 0 Å². The van der Waals surface area contributed by atoms with Crippen molar-refractivity contribution in [2.24, 2.45) is 0 Å². The molecule has 1 fully saturated rings. The van der Waals surface area contributed by atoms with Gasteiger partial charge in [-0.05, 0) is 49.6 Å². The van der Waals surface area contributed by atoms with Gasteiger partial charge in [-0.25, -0.2) is 8.42 Å². The largest absolute Gasteiger partial charge is 0.495 e. The molecule has 3 rings (SSSR count). The number of aryl methyl sites for hydroxylation is 1. The van der Waals surface area contributed by atoms with Crippen LogP contribution in [0.4, 0.5) is 5.69 Å². The van der Waals surface area contributed by atoms with E-state index in [4.69, 9.17) is 4.74 Å². The molecular weight excluding hydrogens is 376 g/mol. The van der Waals surface area contributed by atoms with Crippen LogP contribution in [0.3, 0.4) is 0 Å². The third kappa shape index (κ3) is 4.36. The van der Waals surface area contributed by atoms with E-state index in [1.807, 2.05) is 6.07 Å². The molecule has 2 aromatic carbocycles. The highest BCUT2D eigenvalue weighted by Crippen LogP contribution is 2.26. The molecule has 0 atom stereocenters. The van der Waals surface area contributed by atoms with Crippen molar-refractivity contribution in [2.75, 3.05) is 25.5 Å². The first kappa shape index (κ1) is 20.4. The van der Waals surface area contributed by atoms with Gasteiger partial charge in [0.05, 0.1) is 17.7 Å². The second kappa shape index (κ2) is 8.75. The first-order valence-electron chi connectivity index (χ1n) is 9.48. The van der Waals surface area contributed by atoms with Crippen LogP contribution in [0.25, 0.3) is 0 Å². The molecule has 28 heavy (non-hydrogen) atoms. The topological polar surface area (TPSA) is 75.7 Å². The number of methoxy groups -OCH3 is 1. The Bertz CT molecular complexity index is 949. The molecule has 0 saturated carbocycles. The van der Waals surface area contributed by atoms with E-state index in [1.165, 1.54) is 13.2 Å². The Kier molecular flexibility index (Phi) is 6.36. The fraction of sp³-hybridized carbons (Fsp3) is 0.381. The van der Waals surface area contributed by atoms with Crippen molar-refractivity contribution < 1.29 is 17.9 Å². The van der Waals surface area contributed by atoms with Crippen molar-refractivity contribution in [2.45, 2.75) is 37.5 Å². The molecule has 0 radical (unpaired) electrons. The normalized spacial score (nSPS) is 15.6. The van der Waals surface area contributed by atoms with Crippen molar-refractivity contribution in [3.63, 3.8) is 0 Å². The molecule has 6 nitrogen and oxygen atoms in total. The lowest BCUT2D eigenvalue weighted by molar-refractivity contribution is 0.102. The summed E-state index contributed by atoms with van der Waals surface area (Å²) in [6.45, 7) is 2.81. The van der Waals surface area contributed by atoms with Gasteiger partial charge >= 0.3 is 0 Å². The van der Waals surface area contributed by atoms with E-state index >= 15 is 0 Å². The van der Waals surface area contributed by atoms with Crippen molar-refractivity contribution in [3.05, 3.63) is 53.6 Å². The molecule has 7 heteroatoms. The number of carbonyl (C=O) groups excluding carboxylic acids is 1. The first-order valence-corrected chi connectivity index (χ1v) is 10.9. The summed E-state index contributed by atoms with van der Waals surface area (Å²) in [6, 6.07) is 11.9. The van der Waals surface area contributed by atoms with E-state index < -0.39 is 10.0 Å². The molecular formula is C21H26N2O4S. The summed E-state index contributed by atoms with van der Waals surface area (Å²) in [4.78, 5) is 12.9. The summed E-state index contributed by atoms with van der Waals surface area (Å²) in [6.07, 6.45) is 3.83. The van der Waals surface area contributed by atoms with Crippen molar-refractivity contribution >= 4 is 21.6 Å². The standard InChI is InChI=1S/C21H26N2O4S/c1-16-11-12-17(21(24)22-18-9-5-6-10-19(18)27-2)15-20(16)28(25,26)23-13-7-3-4-8-14-23/h5-6,9-12,15H,3-4,7-8,13-14H2,1-2H3,(H,22,24). The van der Waals surface area contributed by atoms with Gasteiger partial charge in [0, 0.05) is 18.7 Å². The van der Waals surface area contributed by atoms with Gasteiger partial charge in [0.2, 0.25) is 10.0 Å². The average Bonchev–Trinajstić information content (AvgIpc) is 2.98. The first-order chi connectivity index (χ1) is 13.4. The van der Waals surface area contributed by atoms with Crippen molar-refractivity contribution in [1.29, 1.82) is 0 Å². The van der Waals surface area contributed by atoms with Gasteiger partial charge in [0.25, 0.3) is 5.91 Å². The number of carbonyl (C=O) groups is 1. The second-order valence-electron chi connectivity index (χ2n) is 6.95. The number of para-hydroxylation sites is 2. The van der Waals surface area contributed by atoms with Gasteiger partial charge in [0.15, 0.2) is 0 Å². The Morgan fingerprint density at radius 3 is 2.39 bits per heavy atom. The second-order valence-corrected chi connectivity index (χ2v) is 8.86. The van der Waals surface area contributed by atoms with Crippen LogP contribution >= 0.6 is 0 Å². The van der Waals surface area contributed by atoms with E-state index in [1.54, 1.807) is 41.6 Å². The highest BCUT2D eigenvalue weighted by atomic mass is 32.2. The third-order valence-electron chi connectivity index (χ3n) is 4.99. The minimum atomic E-state index is -3.63. The number of nitrogens with one attached hydrogen (secondary N) is 1. The number of rotatable bonds is 5. The van der Waals surface area contributed by atoms with Gasteiger partial charge in [-0.1, -0.05) is 31.0 Å². The minimum absolute atomic E-state index is 0.196. The molecule has 1 aliphatic heterocycles. The molecule has 1 heterocycles. The van der Waals surface area contributed by atoms with Crippen LogP contribution in [-0.2, 0) is 10.0 Å². The molecule has 0 bridgehead atoms. The van der Waals surface area contributed by atoms with E-state index in [0.29, 0.717) is 35.7 Å². The van der Waals surface area contributed by atoms with Gasteiger partial charge in [0.1, 0.15) is 5.75 Å². The van der Waals surface area contributed by atoms with Gasteiger partial charge in [-0.3, -0.25) is 4.79 Å². The summed E-state index contributed by atoms with van der Waals surface area (Å²) in [5.41, 5.74) is 1.47. The maximum Gasteiger partial charge on any atom is 0.255 e. The highest BCUT2D eigenvalue weighted by Gasteiger charge is 2.27. The van der Waals surface area contributed by atoms with Crippen molar-refractivity contribution in [1.82, 2.24) is 4.31 Å². The number of hydrogen-bond acceptors (Lipinski definition) is 4. The molecule has 1 saturated heterocycles. The lowest BCUT2D eigenvalue weighted by atomic mass is 10.1. The maximum absolute atomic E-state index is 13.2. The van der Waals surface area contributed by atoms with Crippen LogP contribution in [0.1, 0.15) is 41.6 Å². The number of amides is 1. The maximum atomic E-state index is 13.2. The number of anilines is 1. The summed E-state index contributed by atoms with van der Waals surface area (Å²) >= 11 is 0. The third-order valence-corrected chi connectivity index (χ3v) is 7.03. The van der Waals surface area contributed by atoms with Crippen LogP contribution in [0.15, 0.2) is 47.4 Å². The fourth-order valence-electron chi connectivity index (χ4n) is 3.38. The number of ether oxygens (including phenoxy) is 1. The lowest BCUT2D eigenvalue weighted by Crippen LogP contribution is -2.32. The molecule has 150 valence electrons. The van der Waals surface area contributed by atoms with Crippen LogP contribution in [0, 0.1) is 6.92 Å². The van der Waals surface area contributed by atoms with E-state index in [-0.39, 0.29) is 10.8 Å². The zero-order valence-electron chi connectivity index (χ0n) is 16.3. The van der Waals surface area contributed by atoms with Gasteiger partial charge in [-0.2, -0.15) is 4.31 Å². The Morgan fingerprint density at radius 2 is 1.71 bits per heavy atom. The predicted molar refractivity (Wildman–Crippen MR) is 109 cm³/mol. The number of sulfonamides is 1. The van der Waals surface area contributed by atoms with Crippen LogP contribution in [0.2, 0.25) is 0 Å². The Balaban J connectivity index is 1.89. The summed E-state index contributed by atoms with van der Waals surface area (Å²) in [5, 5.41) is 2.79. The lowest BCUT2D eigenvalue weighted by Gasteiger charge is -2.21. The summed E-state index contributed by atoms with van der Waals surface area (Å²) < 4.78 is 33.1. The fourth-order valence-corrected chi connectivity index (χ4v) is 5.15. The molecule has 1 N–H and O–H groups in total. The Morgan fingerprint density at radius 1 is 1.04 bits per heavy atom. The molecule has 1 aliphatic rings. The van der Waals surface area contributed by atoms with Crippen LogP contribution < -0.4 is 10.1 Å². The SMILES string of the molecule is COc1ccccc1NC(=O)c1ccc(C)c(S(=O)(=O)N2CCCCCC2)c1. The molecule has 2 aromatic rings. The molecule has 0 unspecified atom stereocenters. The van der Waals surface area contributed by atoms with E-state index in [9.17, 15) is 13.2 Å². The Labute approximate surface area is 166 Å². The molecule has 0 aromatic heterocycles. The molecule has 0 spiro atoms. The summed E-state index contributed by atoms with van der Waals surface area (Å²) in [5.74, 6) is 0.164. The zero-order valence-corrected chi connectivity index (χ0v) is 17.1. The quantitative estimate of drug-likeness (QED) is 0.825. The molecule has 0 aliphatic carbocycles. The number of benzene rings is 2. The monoisotopic (exact) mass is 402 g/mol.